The van der Waals surface area contributed by atoms with Crippen LogP contribution in [-0.4, -0.2) is 49.1 Å². The van der Waals surface area contributed by atoms with E-state index in [1.807, 2.05) is 0 Å². The van der Waals surface area contributed by atoms with Gasteiger partial charge in [-0.3, -0.25) is 14.5 Å². The van der Waals surface area contributed by atoms with Gasteiger partial charge in [0, 0.05) is 12.1 Å². The average molecular weight is 284 g/mol. The maximum Gasteiger partial charge on any atom is 0.307 e. The van der Waals surface area contributed by atoms with Crippen LogP contribution in [0.4, 0.5) is 0 Å². The minimum atomic E-state index is -0.192. The van der Waals surface area contributed by atoms with Crippen LogP contribution in [0.5, 0.6) is 0 Å². The van der Waals surface area contributed by atoms with Gasteiger partial charge in [0.2, 0.25) is 5.91 Å². The van der Waals surface area contributed by atoms with Gasteiger partial charge in [0.1, 0.15) is 0 Å². The predicted octanol–water partition coefficient (Wildman–Crippen LogP) is 1.71. The van der Waals surface area contributed by atoms with Gasteiger partial charge in [-0.1, -0.05) is 20.3 Å². The zero-order valence-electron chi connectivity index (χ0n) is 13.0. The van der Waals surface area contributed by atoms with E-state index >= 15 is 0 Å². The van der Waals surface area contributed by atoms with Crippen molar-refractivity contribution < 1.29 is 14.3 Å². The number of piperidine rings is 1. The zero-order chi connectivity index (χ0) is 15.0. The third kappa shape index (κ3) is 5.49. The number of rotatable bonds is 7. The molecule has 116 valence electrons. The Morgan fingerprint density at radius 3 is 2.60 bits per heavy atom. The van der Waals surface area contributed by atoms with Crippen molar-refractivity contribution in [1.82, 2.24) is 10.2 Å². The molecule has 1 saturated heterocycles. The number of nitrogens with zero attached hydrogens (tertiary/aromatic N) is 1. The van der Waals surface area contributed by atoms with Gasteiger partial charge in [0.25, 0.3) is 0 Å². The van der Waals surface area contributed by atoms with Crippen LogP contribution in [0.25, 0.3) is 0 Å². The van der Waals surface area contributed by atoms with Gasteiger partial charge in [-0.15, -0.1) is 0 Å². The molecule has 0 spiro atoms. The average Bonchev–Trinajstić information content (AvgIpc) is 2.46. The maximum atomic E-state index is 12.1. The molecule has 1 aliphatic rings. The van der Waals surface area contributed by atoms with Crippen molar-refractivity contribution >= 4 is 11.9 Å². The number of likely N-dealkylation sites (tertiary alicyclic amines) is 1. The highest BCUT2D eigenvalue weighted by Gasteiger charge is 2.26. The summed E-state index contributed by atoms with van der Waals surface area (Å²) < 4.78 is 4.74. The summed E-state index contributed by atoms with van der Waals surface area (Å²) in [6.45, 7) is 5.43. The Morgan fingerprint density at radius 1 is 1.30 bits per heavy atom. The van der Waals surface area contributed by atoms with Crippen LogP contribution in [0.2, 0.25) is 0 Å². The molecule has 1 fully saturated rings. The number of methoxy groups -OCH3 is 1. The molecule has 0 bridgehead atoms. The van der Waals surface area contributed by atoms with E-state index in [1.54, 1.807) is 0 Å². The summed E-state index contributed by atoms with van der Waals surface area (Å²) in [6, 6.07) is 0.398. The Kier molecular flexibility index (Phi) is 7.59. The predicted molar refractivity (Wildman–Crippen MR) is 78.4 cm³/mol. The van der Waals surface area contributed by atoms with Gasteiger partial charge >= 0.3 is 5.97 Å². The zero-order valence-corrected chi connectivity index (χ0v) is 13.0. The van der Waals surface area contributed by atoms with Gasteiger partial charge in [-0.25, -0.2) is 0 Å². The van der Waals surface area contributed by atoms with Gasteiger partial charge in [0.05, 0.1) is 20.1 Å². The second-order valence-electron chi connectivity index (χ2n) is 5.48. The minimum absolute atomic E-state index is 0.0652. The molecule has 0 aromatic heterocycles. The molecule has 1 N–H and O–H groups in total. The molecule has 5 nitrogen and oxygen atoms in total. The number of amides is 1. The quantitative estimate of drug-likeness (QED) is 0.723. The number of nitrogens with one attached hydrogen (secondary N) is 1. The molecule has 20 heavy (non-hydrogen) atoms. The summed E-state index contributed by atoms with van der Waals surface area (Å²) in [5, 5.41) is 3.05. The normalized spacial score (nSPS) is 19.9. The highest BCUT2D eigenvalue weighted by molar-refractivity contribution is 5.78. The van der Waals surface area contributed by atoms with Crippen LogP contribution < -0.4 is 5.32 Å². The van der Waals surface area contributed by atoms with Crippen LogP contribution in [0, 0.1) is 0 Å². The largest absolute Gasteiger partial charge is 0.469 e. The SMILES string of the molecule is CCC(CC)NC(=O)CN1CCCCC1CC(=O)OC. The van der Waals surface area contributed by atoms with Crippen LogP contribution in [-0.2, 0) is 14.3 Å². The summed E-state index contributed by atoms with van der Waals surface area (Å²) in [6.07, 6.45) is 5.46. The topological polar surface area (TPSA) is 58.6 Å². The number of carbonyl (C=O) groups excluding carboxylic acids is 2. The summed E-state index contributed by atoms with van der Waals surface area (Å²) in [7, 11) is 1.41. The molecule has 1 atom stereocenters. The van der Waals surface area contributed by atoms with Gasteiger partial charge in [0.15, 0.2) is 0 Å². The molecule has 0 saturated carbocycles. The third-order valence-corrected chi connectivity index (χ3v) is 4.08. The van der Waals surface area contributed by atoms with Gasteiger partial charge in [-0.2, -0.15) is 0 Å². The number of hydrogen-bond donors (Lipinski definition) is 1. The molecule has 1 amide bonds. The Balaban J connectivity index is 2.49. The van der Waals surface area contributed by atoms with Gasteiger partial charge < -0.3 is 10.1 Å². The second kappa shape index (κ2) is 8.95. The Bertz CT molecular complexity index is 316. The lowest BCUT2D eigenvalue weighted by Crippen LogP contribution is -2.48. The Morgan fingerprint density at radius 2 is 2.00 bits per heavy atom. The van der Waals surface area contributed by atoms with Crippen LogP contribution in [0.3, 0.4) is 0 Å². The molecule has 5 heteroatoms. The summed E-state index contributed by atoms with van der Waals surface area (Å²) in [5.74, 6) is -0.127. The number of esters is 1. The lowest BCUT2D eigenvalue weighted by molar-refractivity contribution is -0.143. The van der Waals surface area contributed by atoms with Crippen molar-refractivity contribution in [3.8, 4) is 0 Å². The lowest BCUT2D eigenvalue weighted by atomic mass is 9.99. The summed E-state index contributed by atoms with van der Waals surface area (Å²) >= 11 is 0. The summed E-state index contributed by atoms with van der Waals surface area (Å²) in [5.41, 5.74) is 0. The number of carbonyl (C=O) groups is 2. The monoisotopic (exact) mass is 284 g/mol. The van der Waals surface area contributed by atoms with Crippen molar-refractivity contribution in [2.75, 3.05) is 20.2 Å². The molecule has 0 aromatic rings. The van der Waals surface area contributed by atoms with E-state index < -0.39 is 0 Å². The third-order valence-electron chi connectivity index (χ3n) is 4.08. The van der Waals surface area contributed by atoms with E-state index in [9.17, 15) is 9.59 Å². The van der Waals surface area contributed by atoms with Crippen molar-refractivity contribution in [3.63, 3.8) is 0 Å². The molecular formula is C15H28N2O3. The first-order valence-corrected chi connectivity index (χ1v) is 7.70. The van der Waals surface area contributed by atoms with E-state index in [1.165, 1.54) is 7.11 Å². The number of hydrogen-bond acceptors (Lipinski definition) is 4. The van der Waals surface area contributed by atoms with Crippen molar-refractivity contribution in [2.24, 2.45) is 0 Å². The smallest absolute Gasteiger partial charge is 0.307 e. The summed E-state index contributed by atoms with van der Waals surface area (Å²) in [4.78, 5) is 25.6. The molecule has 0 aromatic carbocycles. The van der Waals surface area contributed by atoms with E-state index in [0.717, 1.165) is 38.6 Å². The molecule has 1 rings (SSSR count). The fourth-order valence-corrected chi connectivity index (χ4v) is 2.73. The van der Waals surface area contributed by atoms with Crippen molar-refractivity contribution in [2.45, 2.75) is 64.5 Å². The highest BCUT2D eigenvalue weighted by atomic mass is 16.5. The van der Waals surface area contributed by atoms with Gasteiger partial charge in [-0.05, 0) is 32.2 Å². The fraction of sp³-hybridized carbons (Fsp3) is 0.867. The van der Waals surface area contributed by atoms with Crippen LogP contribution in [0.1, 0.15) is 52.4 Å². The van der Waals surface area contributed by atoms with Crippen LogP contribution >= 0.6 is 0 Å². The highest BCUT2D eigenvalue weighted by Crippen LogP contribution is 2.19. The fourth-order valence-electron chi connectivity index (χ4n) is 2.73. The van der Waals surface area contributed by atoms with E-state index in [4.69, 9.17) is 4.74 Å². The standard InChI is InChI=1S/C15H28N2O3/c1-4-12(5-2)16-14(18)11-17-9-7-6-8-13(17)10-15(19)20-3/h12-13H,4-11H2,1-3H3,(H,16,18). The van der Waals surface area contributed by atoms with Crippen molar-refractivity contribution in [1.29, 1.82) is 0 Å². The molecule has 0 radical (unpaired) electrons. The van der Waals surface area contributed by atoms with E-state index in [-0.39, 0.29) is 24.0 Å². The molecular weight excluding hydrogens is 256 g/mol. The maximum absolute atomic E-state index is 12.1. The Hall–Kier alpha value is -1.10. The van der Waals surface area contributed by atoms with Crippen LogP contribution in [0.15, 0.2) is 0 Å². The Labute approximate surface area is 122 Å². The van der Waals surface area contributed by atoms with E-state index in [2.05, 4.69) is 24.1 Å². The van der Waals surface area contributed by atoms with Crippen molar-refractivity contribution in [3.05, 3.63) is 0 Å². The lowest BCUT2D eigenvalue weighted by Gasteiger charge is -2.34. The first kappa shape index (κ1) is 17.0. The first-order chi connectivity index (χ1) is 9.60. The number of ether oxygens (including phenoxy) is 1. The second-order valence-corrected chi connectivity index (χ2v) is 5.48. The molecule has 1 heterocycles. The molecule has 1 aliphatic heterocycles. The molecule has 1 unspecified atom stereocenters. The molecule has 0 aliphatic carbocycles. The first-order valence-electron chi connectivity index (χ1n) is 7.70. The minimum Gasteiger partial charge on any atom is -0.469 e. The van der Waals surface area contributed by atoms with E-state index in [0.29, 0.717) is 13.0 Å².